The molecule has 0 saturated heterocycles. The predicted molar refractivity (Wildman–Crippen MR) is 133 cm³/mol. The molecule has 2 aliphatic rings. The third-order valence-electron chi connectivity index (χ3n) is 6.83. The molecule has 0 aromatic heterocycles. The summed E-state index contributed by atoms with van der Waals surface area (Å²) >= 11 is 0. The Bertz CT molecular complexity index is 964. The molecule has 0 radical (unpaired) electrons. The number of benzene rings is 1. The first-order chi connectivity index (χ1) is 16.5. The monoisotopic (exact) mass is 510 g/mol. The van der Waals surface area contributed by atoms with Gasteiger partial charge in [0.25, 0.3) is 0 Å². The zero-order valence-corrected chi connectivity index (χ0v) is 22.1. The van der Waals surface area contributed by atoms with Gasteiger partial charge >= 0.3 is 14.0 Å². The second kappa shape index (κ2) is 11.9. The maximum atomic E-state index is 12.6. The Hall–Kier alpha value is -1.86. The summed E-state index contributed by atoms with van der Waals surface area (Å²) in [6.07, 6.45) is 8.22. The quantitative estimate of drug-likeness (QED) is 0.115. The zero-order valence-electron chi connectivity index (χ0n) is 21.2. The molecule has 1 heterocycles. The van der Waals surface area contributed by atoms with Crippen molar-refractivity contribution in [2.45, 2.75) is 90.6 Å². The van der Waals surface area contributed by atoms with Gasteiger partial charge in [-0.15, -0.1) is 0 Å². The molecule has 3 rings (SSSR count). The van der Waals surface area contributed by atoms with E-state index >= 15 is 0 Å². The van der Waals surface area contributed by atoms with Crippen LogP contribution in [0.2, 0.25) is 0 Å². The van der Waals surface area contributed by atoms with Gasteiger partial charge in [-0.05, 0) is 77.0 Å². The van der Waals surface area contributed by atoms with E-state index < -0.39 is 14.0 Å². The number of ether oxygens (including phenoxy) is 3. The number of phosphoric acid groups is 1. The molecular formula is C26H39O8P. The Morgan fingerprint density at radius 3 is 2.63 bits per heavy atom. The third kappa shape index (κ3) is 7.81. The minimum atomic E-state index is -4.48. The molecular weight excluding hydrogens is 471 g/mol. The minimum Gasteiger partial charge on any atom is -0.487 e. The smallest absolute Gasteiger partial charge is 0.487 e. The van der Waals surface area contributed by atoms with Crippen LogP contribution in [0.1, 0.15) is 89.7 Å². The van der Waals surface area contributed by atoms with E-state index in [1.165, 1.54) is 5.57 Å². The van der Waals surface area contributed by atoms with Gasteiger partial charge in [0.2, 0.25) is 0 Å². The normalized spacial score (nSPS) is 20.8. The highest BCUT2D eigenvalue weighted by Gasteiger charge is 2.46. The van der Waals surface area contributed by atoms with E-state index in [0.29, 0.717) is 18.6 Å². The van der Waals surface area contributed by atoms with Gasteiger partial charge in [-0.2, -0.15) is 0 Å². The van der Waals surface area contributed by atoms with E-state index in [4.69, 9.17) is 24.0 Å². The number of carbonyl (C=O) groups is 1. The molecule has 0 amide bonds. The molecule has 1 aromatic rings. The highest BCUT2D eigenvalue weighted by molar-refractivity contribution is 7.46. The summed E-state index contributed by atoms with van der Waals surface area (Å²) in [4.78, 5) is 30.0. The molecule has 1 aliphatic heterocycles. The number of allylic oxidation sites excluding steroid dienone is 2. The van der Waals surface area contributed by atoms with Gasteiger partial charge in [0.15, 0.2) is 0 Å². The van der Waals surface area contributed by atoms with Gasteiger partial charge in [0, 0.05) is 17.4 Å². The average Bonchev–Trinajstić information content (AvgIpc) is 2.74. The molecule has 0 saturated carbocycles. The maximum Gasteiger partial charge on any atom is 0.513 e. The highest BCUT2D eigenvalue weighted by Crippen LogP contribution is 2.54. The first-order valence-electron chi connectivity index (χ1n) is 12.6. The van der Waals surface area contributed by atoms with Gasteiger partial charge in [-0.3, -0.25) is 4.52 Å². The number of fused-ring (bicyclic) bond motifs is 3. The van der Waals surface area contributed by atoms with Crippen molar-refractivity contribution in [3.63, 3.8) is 0 Å². The summed E-state index contributed by atoms with van der Waals surface area (Å²) in [7, 11) is -4.48. The fourth-order valence-corrected chi connectivity index (χ4v) is 5.44. The number of rotatable bonds is 11. The topological polar surface area (TPSA) is 112 Å². The van der Waals surface area contributed by atoms with Crippen LogP contribution in [0.3, 0.4) is 0 Å². The molecule has 2 N–H and O–H groups in total. The number of phosphoric ester groups is 1. The number of hydrogen-bond acceptors (Lipinski definition) is 6. The lowest BCUT2D eigenvalue weighted by Gasteiger charge is -2.47. The van der Waals surface area contributed by atoms with Crippen LogP contribution in [-0.2, 0) is 20.2 Å². The van der Waals surface area contributed by atoms with Crippen molar-refractivity contribution in [2.75, 3.05) is 13.2 Å². The summed E-state index contributed by atoms with van der Waals surface area (Å²) in [5, 5.41) is 0. The van der Waals surface area contributed by atoms with Gasteiger partial charge < -0.3 is 24.0 Å². The summed E-state index contributed by atoms with van der Waals surface area (Å²) in [5.41, 5.74) is 3.01. The van der Waals surface area contributed by atoms with Crippen molar-refractivity contribution in [1.82, 2.24) is 0 Å². The molecule has 196 valence electrons. The van der Waals surface area contributed by atoms with E-state index in [-0.39, 0.29) is 30.7 Å². The Labute approximate surface area is 208 Å². The summed E-state index contributed by atoms with van der Waals surface area (Å²) in [5.74, 6) is 1.76. The largest absolute Gasteiger partial charge is 0.513 e. The van der Waals surface area contributed by atoms with Crippen molar-refractivity contribution in [3.05, 3.63) is 34.9 Å². The number of carbonyl (C=O) groups excluding carboxylic acids is 1. The first kappa shape index (κ1) is 27.7. The second-order valence-electron chi connectivity index (χ2n) is 10.1. The van der Waals surface area contributed by atoms with Crippen LogP contribution in [-0.4, -0.2) is 34.8 Å². The molecule has 8 nitrogen and oxygen atoms in total. The molecule has 0 bridgehead atoms. The Balaban J connectivity index is 1.75. The fourth-order valence-electron chi connectivity index (χ4n) is 5.07. The Morgan fingerprint density at radius 2 is 1.91 bits per heavy atom. The minimum absolute atomic E-state index is 0.0686. The van der Waals surface area contributed by atoms with Crippen molar-refractivity contribution >= 4 is 14.0 Å². The van der Waals surface area contributed by atoms with Crippen LogP contribution in [0.15, 0.2) is 23.8 Å². The van der Waals surface area contributed by atoms with Crippen molar-refractivity contribution in [1.29, 1.82) is 0 Å². The highest BCUT2D eigenvalue weighted by atomic mass is 31.2. The summed E-state index contributed by atoms with van der Waals surface area (Å²) < 4.78 is 32.6. The Morgan fingerprint density at radius 1 is 1.17 bits per heavy atom. The Kier molecular flexibility index (Phi) is 9.44. The van der Waals surface area contributed by atoms with E-state index in [9.17, 15) is 9.36 Å². The predicted octanol–water partition coefficient (Wildman–Crippen LogP) is 6.44. The van der Waals surface area contributed by atoms with Gasteiger partial charge in [-0.1, -0.05) is 31.4 Å². The van der Waals surface area contributed by atoms with E-state index in [0.717, 1.165) is 55.4 Å². The van der Waals surface area contributed by atoms with Crippen molar-refractivity contribution < 1.29 is 37.9 Å². The van der Waals surface area contributed by atoms with E-state index in [1.807, 2.05) is 6.07 Å². The van der Waals surface area contributed by atoms with Crippen LogP contribution < -0.4 is 9.47 Å². The van der Waals surface area contributed by atoms with Gasteiger partial charge in [0.1, 0.15) is 17.1 Å². The van der Waals surface area contributed by atoms with E-state index in [1.54, 1.807) is 0 Å². The summed E-state index contributed by atoms with van der Waals surface area (Å²) in [6.45, 7) is 8.54. The standard InChI is InChI=1S/C26H39O8P/c1-5-6-7-10-19-16-22(33-25(27)31-13-8-9-14-32-35(28,29)30)24-20-15-18(2)11-12-21(20)26(3,4)34-23(24)17-19/h11,16-17,20-21H,5-10,12-15H2,1-4H3,(H2,28,29,30)/t20-,21-/m1/s1. The molecule has 1 aliphatic carbocycles. The zero-order chi connectivity index (χ0) is 25.6. The molecule has 0 unspecified atom stereocenters. The molecule has 9 heteroatoms. The van der Waals surface area contributed by atoms with Crippen LogP contribution in [0.5, 0.6) is 11.5 Å². The van der Waals surface area contributed by atoms with Crippen molar-refractivity contribution in [3.8, 4) is 11.5 Å². The summed E-state index contributed by atoms with van der Waals surface area (Å²) in [6, 6.07) is 4.06. The SMILES string of the molecule is CCCCCc1cc(OC(=O)OCCCCOP(=O)(O)O)c2c(c1)OC(C)(C)[C@@H]1CC=C(C)C[C@@H]21. The van der Waals surface area contributed by atoms with Crippen LogP contribution in [0.25, 0.3) is 0 Å². The van der Waals surface area contributed by atoms with Gasteiger partial charge in [-0.25, -0.2) is 9.36 Å². The molecule has 35 heavy (non-hydrogen) atoms. The molecule has 0 spiro atoms. The second-order valence-corrected chi connectivity index (χ2v) is 11.3. The van der Waals surface area contributed by atoms with Gasteiger partial charge in [0.05, 0.1) is 13.2 Å². The van der Waals surface area contributed by atoms with E-state index in [2.05, 4.69) is 44.4 Å². The lowest BCUT2D eigenvalue weighted by atomic mass is 9.67. The van der Waals surface area contributed by atoms with Crippen LogP contribution >= 0.6 is 7.82 Å². The third-order valence-corrected chi connectivity index (χ3v) is 7.35. The fraction of sp³-hybridized carbons (Fsp3) is 0.654. The number of unbranched alkanes of at least 4 members (excludes halogenated alkanes) is 3. The first-order valence-corrected chi connectivity index (χ1v) is 14.1. The number of aryl methyl sites for hydroxylation is 1. The van der Waals surface area contributed by atoms with Crippen molar-refractivity contribution in [2.24, 2.45) is 5.92 Å². The molecule has 2 atom stereocenters. The lowest BCUT2D eigenvalue weighted by Crippen LogP contribution is -2.45. The average molecular weight is 511 g/mol. The lowest BCUT2D eigenvalue weighted by molar-refractivity contribution is 0.00719. The van der Waals surface area contributed by atoms with Crippen LogP contribution in [0.4, 0.5) is 4.79 Å². The maximum absolute atomic E-state index is 12.6. The molecule has 1 aromatic carbocycles. The number of hydrogen-bond donors (Lipinski definition) is 2. The molecule has 0 fully saturated rings. The van der Waals surface area contributed by atoms with Crippen LogP contribution in [0, 0.1) is 5.92 Å².